The summed E-state index contributed by atoms with van der Waals surface area (Å²) in [5.41, 5.74) is 8.05. The summed E-state index contributed by atoms with van der Waals surface area (Å²) in [7, 11) is 0. The van der Waals surface area contributed by atoms with E-state index in [1.165, 1.54) is 86.5 Å². The van der Waals surface area contributed by atoms with Crippen molar-refractivity contribution in [1.82, 2.24) is 0 Å². The molecule has 260 valence electrons. The average Bonchev–Trinajstić information content (AvgIpc) is 3.12. The quantitative estimate of drug-likeness (QED) is 0.0538. The minimum absolute atomic E-state index is 0.134. The Kier molecular flexibility index (Phi) is 15.6. The Hall–Kier alpha value is -4.18. The van der Waals surface area contributed by atoms with E-state index in [4.69, 9.17) is 9.47 Å². The minimum atomic E-state index is -0.471. The third-order valence-electron chi connectivity index (χ3n) is 9.34. The summed E-state index contributed by atoms with van der Waals surface area (Å²) < 4.78 is 11.2. The van der Waals surface area contributed by atoms with Gasteiger partial charge in [0.25, 0.3) is 0 Å². The molecule has 0 aliphatic heterocycles. The lowest BCUT2D eigenvalue weighted by atomic mass is 9.95. The molecule has 49 heavy (non-hydrogen) atoms. The molecule has 0 fully saturated rings. The normalized spacial score (nSPS) is 11.7. The number of carbonyl (C=O) groups excluding carboxylic acids is 2. The first-order valence-electron chi connectivity index (χ1n) is 18.7. The van der Waals surface area contributed by atoms with Gasteiger partial charge in [0, 0.05) is 0 Å². The monoisotopic (exact) mass is 660 g/mol. The molecule has 0 aromatic heterocycles. The van der Waals surface area contributed by atoms with E-state index in [0.717, 1.165) is 36.8 Å². The van der Waals surface area contributed by atoms with Crippen LogP contribution in [0.5, 0.6) is 5.75 Å². The summed E-state index contributed by atoms with van der Waals surface area (Å²) in [6.07, 6.45) is 17.2. The fourth-order valence-electron chi connectivity index (χ4n) is 6.27. The third kappa shape index (κ3) is 12.3. The Bertz CT molecular complexity index is 1570. The third-order valence-corrected chi connectivity index (χ3v) is 9.34. The highest BCUT2D eigenvalue weighted by Gasteiger charge is 2.15. The van der Waals surface area contributed by atoms with Crippen molar-refractivity contribution in [3.8, 4) is 28.0 Å². The van der Waals surface area contributed by atoms with Crippen LogP contribution >= 0.6 is 0 Å². The van der Waals surface area contributed by atoms with Gasteiger partial charge in [-0.1, -0.05) is 133 Å². The zero-order valence-corrected chi connectivity index (χ0v) is 30.3. The van der Waals surface area contributed by atoms with Gasteiger partial charge in [0.05, 0.1) is 17.2 Å². The van der Waals surface area contributed by atoms with Crippen molar-refractivity contribution >= 4 is 11.9 Å². The lowest BCUT2D eigenvalue weighted by Gasteiger charge is -2.13. The van der Waals surface area contributed by atoms with Crippen molar-refractivity contribution < 1.29 is 19.1 Å². The van der Waals surface area contributed by atoms with Crippen molar-refractivity contribution in [2.75, 3.05) is 0 Å². The van der Waals surface area contributed by atoms with E-state index in [0.29, 0.717) is 16.9 Å². The van der Waals surface area contributed by atoms with Crippen molar-refractivity contribution in [2.45, 2.75) is 124 Å². The van der Waals surface area contributed by atoms with Gasteiger partial charge in [-0.15, -0.1) is 0 Å². The molecule has 4 rings (SSSR count). The molecule has 0 spiro atoms. The van der Waals surface area contributed by atoms with Crippen molar-refractivity contribution in [1.29, 1.82) is 0 Å². The summed E-state index contributed by atoms with van der Waals surface area (Å²) in [6.45, 7) is 8.51. The van der Waals surface area contributed by atoms with Gasteiger partial charge in [0.2, 0.25) is 0 Å². The standard InChI is InChI=1S/C45H56O4/c1-5-7-9-11-12-13-14-16-18-36-19-21-37(22-20-36)41-29-32-43(34(3)33-41)38-27-30-42(31-28-38)49-45(47)40-25-23-39(24-26-40)44(46)48-35(4)17-15-10-8-6-2/h19-33,35H,5-18H2,1-4H3/t35-/m1/s1. The summed E-state index contributed by atoms with van der Waals surface area (Å²) in [5.74, 6) is -0.374. The number of benzene rings is 4. The molecule has 0 aliphatic carbocycles. The largest absolute Gasteiger partial charge is 0.459 e. The van der Waals surface area contributed by atoms with Crippen LogP contribution in [0, 0.1) is 6.92 Å². The molecule has 1 atom stereocenters. The number of carbonyl (C=O) groups is 2. The molecule has 0 unspecified atom stereocenters. The highest BCUT2D eigenvalue weighted by Crippen LogP contribution is 2.30. The van der Waals surface area contributed by atoms with E-state index in [1.807, 2.05) is 31.2 Å². The second-order valence-electron chi connectivity index (χ2n) is 13.5. The minimum Gasteiger partial charge on any atom is -0.459 e. The van der Waals surface area contributed by atoms with Crippen LogP contribution in [0.1, 0.15) is 136 Å². The van der Waals surface area contributed by atoms with E-state index in [2.05, 4.69) is 63.2 Å². The van der Waals surface area contributed by atoms with E-state index in [-0.39, 0.29) is 12.1 Å². The van der Waals surface area contributed by atoms with E-state index in [1.54, 1.807) is 24.3 Å². The first kappa shape index (κ1) is 37.6. The zero-order valence-electron chi connectivity index (χ0n) is 30.3. The van der Waals surface area contributed by atoms with Crippen molar-refractivity contribution in [3.05, 3.63) is 113 Å². The van der Waals surface area contributed by atoms with Gasteiger partial charge in [-0.05, 0) is 109 Å². The van der Waals surface area contributed by atoms with Crippen molar-refractivity contribution in [3.63, 3.8) is 0 Å². The second-order valence-corrected chi connectivity index (χ2v) is 13.5. The molecule has 4 aromatic carbocycles. The van der Waals surface area contributed by atoms with Gasteiger partial charge in [-0.25, -0.2) is 9.59 Å². The highest BCUT2D eigenvalue weighted by molar-refractivity contribution is 5.94. The molecule has 0 saturated carbocycles. The summed E-state index contributed by atoms with van der Waals surface area (Å²) in [5, 5.41) is 0. The van der Waals surface area contributed by atoms with Crippen LogP contribution in [0.25, 0.3) is 22.3 Å². The van der Waals surface area contributed by atoms with Gasteiger partial charge in [0.15, 0.2) is 0 Å². The van der Waals surface area contributed by atoms with E-state index in [9.17, 15) is 9.59 Å². The second kappa shape index (κ2) is 20.4. The Morgan fingerprint density at radius 1 is 0.571 bits per heavy atom. The lowest BCUT2D eigenvalue weighted by Crippen LogP contribution is -2.15. The average molecular weight is 661 g/mol. The molecular formula is C45H56O4. The Labute approximate surface area is 295 Å². The maximum absolute atomic E-state index is 12.8. The number of unbranched alkanes of at least 4 members (excludes halogenated alkanes) is 10. The summed E-state index contributed by atoms with van der Waals surface area (Å²) in [6, 6.07) is 29.7. The molecule has 0 N–H and O–H groups in total. The van der Waals surface area contributed by atoms with Gasteiger partial charge >= 0.3 is 11.9 Å². The fourth-order valence-corrected chi connectivity index (χ4v) is 6.27. The van der Waals surface area contributed by atoms with Gasteiger partial charge in [-0.2, -0.15) is 0 Å². The lowest BCUT2D eigenvalue weighted by molar-refractivity contribution is 0.0319. The molecule has 4 heteroatoms. The molecule has 4 nitrogen and oxygen atoms in total. The molecule has 0 heterocycles. The SMILES string of the molecule is CCCCCCCCCCc1ccc(-c2ccc(-c3ccc(OC(=O)c4ccc(C(=O)O[C@H](C)CCCCCC)cc4)cc3)c(C)c2)cc1. The molecule has 0 saturated heterocycles. The van der Waals surface area contributed by atoms with Crippen LogP contribution in [0.3, 0.4) is 0 Å². The zero-order chi connectivity index (χ0) is 34.8. The predicted octanol–water partition coefficient (Wildman–Crippen LogP) is 12.7. The molecule has 0 aliphatic rings. The molecule has 4 aromatic rings. The smallest absolute Gasteiger partial charge is 0.343 e. The first-order valence-corrected chi connectivity index (χ1v) is 18.7. The van der Waals surface area contributed by atoms with E-state index < -0.39 is 5.97 Å². The molecule has 0 radical (unpaired) electrons. The first-order chi connectivity index (χ1) is 23.9. The van der Waals surface area contributed by atoms with Crippen LogP contribution in [0.4, 0.5) is 0 Å². The number of esters is 2. The fraction of sp³-hybridized carbons (Fsp3) is 0.422. The maximum Gasteiger partial charge on any atom is 0.343 e. The van der Waals surface area contributed by atoms with Gasteiger partial charge < -0.3 is 9.47 Å². The van der Waals surface area contributed by atoms with Gasteiger partial charge in [-0.3, -0.25) is 0 Å². The highest BCUT2D eigenvalue weighted by atomic mass is 16.5. The predicted molar refractivity (Wildman–Crippen MR) is 203 cm³/mol. The van der Waals surface area contributed by atoms with Crippen LogP contribution in [-0.2, 0) is 11.2 Å². The van der Waals surface area contributed by atoms with Crippen LogP contribution in [-0.4, -0.2) is 18.0 Å². The Balaban J connectivity index is 1.26. The summed E-state index contributed by atoms with van der Waals surface area (Å²) in [4.78, 5) is 25.4. The van der Waals surface area contributed by atoms with Crippen LogP contribution < -0.4 is 4.74 Å². The molecule has 0 amide bonds. The summed E-state index contributed by atoms with van der Waals surface area (Å²) >= 11 is 0. The van der Waals surface area contributed by atoms with Gasteiger partial charge in [0.1, 0.15) is 5.75 Å². The Morgan fingerprint density at radius 3 is 1.71 bits per heavy atom. The molecule has 0 bridgehead atoms. The van der Waals surface area contributed by atoms with E-state index >= 15 is 0 Å². The molecular weight excluding hydrogens is 604 g/mol. The number of hydrogen-bond acceptors (Lipinski definition) is 4. The Morgan fingerprint density at radius 2 is 1.10 bits per heavy atom. The number of aryl methyl sites for hydroxylation is 2. The number of rotatable bonds is 20. The number of ether oxygens (including phenoxy) is 2. The number of hydrogen-bond donors (Lipinski definition) is 0. The topological polar surface area (TPSA) is 52.6 Å². The van der Waals surface area contributed by atoms with Crippen LogP contribution in [0.2, 0.25) is 0 Å². The maximum atomic E-state index is 12.8. The van der Waals surface area contributed by atoms with Crippen molar-refractivity contribution in [2.24, 2.45) is 0 Å². The van der Waals surface area contributed by atoms with Crippen LogP contribution in [0.15, 0.2) is 91.0 Å².